The molecule has 2 aromatic rings. The maximum absolute atomic E-state index is 9.22. The number of hydrogen-bond acceptors (Lipinski definition) is 3. The van der Waals surface area contributed by atoms with Gasteiger partial charge in [0, 0.05) is 11.2 Å². The lowest BCUT2D eigenvalue weighted by Crippen LogP contribution is -2.30. The third-order valence-electron chi connectivity index (χ3n) is 3.82. The SMILES string of the molecule is OC1CC(CCNCc2csc3ccccc23)C1. The predicted molar refractivity (Wildman–Crippen MR) is 76.9 cm³/mol. The van der Waals surface area contributed by atoms with Crippen molar-refractivity contribution in [1.82, 2.24) is 5.32 Å². The minimum absolute atomic E-state index is 0.0178. The summed E-state index contributed by atoms with van der Waals surface area (Å²) in [6.07, 6.45) is 3.18. The van der Waals surface area contributed by atoms with Crippen molar-refractivity contribution >= 4 is 21.4 Å². The number of aliphatic hydroxyl groups is 1. The lowest BCUT2D eigenvalue weighted by molar-refractivity contribution is 0.0393. The van der Waals surface area contributed by atoms with Crippen LogP contribution >= 0.6 is 11.3 Å². The van der Waals surface area contributed by atoms with E-state index in [1.165, 1.54) is 22.1 Å². The summed E-state index contributed by atoms with van der Waals surface area (Å²) >= 11 is 1.82. The fraction of sp³-hybridized carbons (Fsp3) is 0.467. The molecule has 1 heterocycles. The molecule has 0 atom stereocenters. The summed E-state index contributed by atoms with van der Waals surface area (Å²) in [4.78, 5) is 0. The van der Waals surface area contributed by atoms with Crippen molar-refractivity contribution in [2.24, 2.45) is 5.92 Å². The monoisotopic (exact) mass is 261 g/mol. The third-order valence-corrected chi connectivity index (χ3v) is 4.83. The van der Waals surface area contributed by atoms with Crippen molar-refractivity contribution in [3.63, 3.8) is 0 Å². The summed E-state index contributed by atoms with van der Waals surface area (Å²) in [7, 11) is 0. The topological polar surface area (TPSA) is 32.3 Å². The standard InChI is InChI=1S/C15H19NOS/c17-13-7-11(8-13)5-6-16-9-12-10-18-15-4-2-1-3-14(12)15/h1-4,10-11,13,16-17H,5-9H2. The molecule has 2 N–H and O–H groups in total. The van der Waals surface area contributed by atoms with Gasteiger partial charge in [0.15, 0.2) is 0 Å². The summed E-state index contributed by atoms with van der Waals surface area (Å²) < 4.78 is 1.37. The van der Waals surface area contributed by atoms with Gasteiger partial charge in [-0.05, 0) is 54.1 Å². The van der Waals surface area contributed by atoms with Crippen LogP contribution in [0.5, 0.6) is 0 Å². The van der Waals surface area contributed by atoms with Gasteiger partial charge in [-0.3, -0.25) is 0 Å². The number of nitrogens with one attached hydrogen (secondary N) is 1. The van der Waals surface area contributed by atoms with Crippen LogP contribution in [0.25, 0.3) is 10.1 Å². The van der Waals surface area contributed by atoms with E-state index in [0.29, 0.717) is 0 Å². The summed E-state index contributed by atoms with van der Waals surface area (Å²) in [6, 6.07) is 8.58. The lowest BCUT2D eigenvalue weighted by atomic mass is 9.80. The van der Waals surface area contributed by atoms with Crippen molar-refractivity contribution in [1.29, 1.82) is 0 Å². The number of rotatable bonds is 5. The molecule has 0 spiro atoms. The first kappa shape index (κ1) is 12.2. The van der Waals surface area contributed by atoms with E-state index in [4.69, 9.17) is 0 Å². The van der Waals surface area contributed by atoms with Crippen molar-refractivity contribution in [3.8, 4) is 0 Å². The molecule has 2 nitrogen and oxygen atoms in total. The van der Waals surface area contributed by atoms with E-state index in [0.717, 1.165) is 31.8 Å². The van der Waals surface area contributed by atoms with Crippen LogP contribution < -0.4 is 5.32 Å². The molecule has 1 aromatic heterocycles. The molecule has 0 unspecified atom stereocenters. The quantitative estimate of drug-likeness (QED) is 0.810. The Morgan fingerprint density at radius 2 is 2.11 bits per heavy atom. The number of thiophene rings is 1. The van der Waals surface area contributed by atoms with E-state index in [2.05, 4.69) is 35.0 Å². The van der Waals surface area contributed by atoms with Crippen molar-refractivity contribution in [3.05, 3.63) is 35.2 Å². The van der Waals surface area contributed by atoms with Gasteiger partial charge < -0.3 is 10.4 Å². The van der Waals surface area contributed by atoms with Gasteiger partial charge in [-0.2, -0.15) is 0 Å². The first-order chi connectivity index (χ1) is 8.83. The Hall–Kier alpha value is -0.900. The molecule has 0 bridgehead atoms. The average Bonchev–Trinajstić information content (AvgIpc) is 2.75. The highest BCUT2D eigenvalue weighted by molar-refractivity contribution is 7.17. The predicted octanol–water partition coefficient (Wildman–Crippen LogP) is 3.15. The van der Waals surface area contributed by atoms with Gasteiger partial charge in [-0.25, -0.2) is 0 Å². The smallest absolute Gasteiger partial charge is 0.0545 e. The Kier molecular flexibility index (Phi) is 3.64. The Labute approximate surface area is 112 Å². The Balaban J connectivity index is 1.48. The van der Waals surface area contributed by atoms with E-state index in [1.54, 1.807) is 0 Å². The number of hydrogen-bond donors (Lipinski definition) is 2. The van der Waals surface area contributed by atoms with Crippen LogP contribution in [0.15, 0.2) is 29.6 Å². The van der Waals surface area contributed by atoms with Crippen LogP contribution in [0.3, 0.4) is 0 Å². The Morgan fingerprint density at radius 3 is 2.94 bits per heavy atom. The van der Waals surface area contributed by atoms with Crippen LogP contribution in [0, 0.1) is 5.92 Å². The Morgan fingerprint density at radius 1 is 1.28 bits per heavy atom. The second-order valence-electron chi connectivity index (χ2n) is 5.21. The van der Waals surface area contributed by atoms with Gasteiger partial charge in [0.2, 0.25) is 0 Å². The highest BCUT2D eigenvalue weighted by Gasteiger charge is 2.26. The van der Waals surface area contributed by atoms with Gasteiger partial charge in [0.25, 0.3) is 0 Å². The zero-order chi connectivity index (χ0) is 12.4. The minimum Gasteiger partial charge on any atom is -0.393 e. The van der Waals surface area contributed by atoms with Crippen molar-refractivity contribution in [2.45, 2.75) is 31.9 Å². The zero-order valence-electron chi connectivity index (χ0n) is 10.4. The second kappa shape index (κ2) is 5.39. The van der Waals surface area contributed by atoms with E-state index in [9.17, 15) is 5.11 Å². The molecular formula is C15H19NOS. The maximum Gasteiger partial charge on any atom is 0.0545 e. The molecule has 1 saturated carbocycles. The number of benzene rings is 1. The molecular weight excluding hydrogens is 242 g/mol. The van der Waals surface area contributed by atoms with Gasteiger partial charge in [0.05, 0.1) is 6.10 Å². The van der Waals surface area contributed by atoms with Gasteiger partial charge in [-0.1, -0.05) is 18.2 Å². The summed E-state index contributed by atoms with van der Waals surface area (Å²) in [5, 5.41) is 16.4. The second-order valence-corrected chi connectivity index (χ2v) is 6.13. The Bertz CT molecular complexity index is 516. The molecule has 3 heteroatoms. The van der Waals surface area contributed by atoms with Crippen LogP contribution in [-0.4, -0.2) is 17.8 Å². The molecule has 1 aliphatic rings. The van der Waals surface area contributed by atoms with Crippen molar-refractivity contribution < 1.29 is 5.11 Å². The van der Waals surface area contributed by atoms with Crippen LogP contribution in [0.4, 0.5) is 0 Å². The fourth-order valence-corrected chi connectivity index (χ4v) is 3.60. The largest absolute Gasteiger partial charge is 0.393 e. The third kappa shape index (κ3) is 2.58. The van der Waals surface area contributed by atoms with Gasteiger partial charge >= 0.3 is 0 Å². The molecule has 0 amide bonds. The molecule has 0 radical (unpaired) electrons. The van der Waals surface area contributed by atoms with Crippen LogP contribution in [-0.2, 0) is 6.54 Å². The summed E-state index contributed by atoms with van der Waals surface area (Å²) in [6.45, 7) is 2.01. The van der Waals surface area contributed by atoms with Gasteiger partial charge in [0.1, 0.15) is 0 Å². The zero-order valence-corrected chi connectivity index (χ0v) is 11.2. The van der Waals surface area contributed by atoms with Crippen molar-refractivity contribution in [2.75, 3.05) is 6.54 Å². The van der Waals surface area contributed by atoms with E-state index in [1.807, 2.05) is 11.3 Å². The molecule has 1 fully saturated rings. The fourth-order valence-electron chi connectivity index (χ4n) is 2.64. The molecule has 0 saturated heterocycles. The summed E-state index contributed by atoms with van der Waals surface area (Å²) in [5.74, 6) is 0.742. The van der Waals surface area contributed by atoms with E-state index >= 15 is 0 Å². The van der Waals surface area contributed by atoms with Gasteiger partial charge in [-0.15, -0.1) is 11.3 Å². The van der Waals surface area contributed by atoms with E-state index < -0.39 is 0 Å². The first-order valence-electron chi connectivity index (χ1n) is 6.67. The number of aliphatic hydroxyl groups excluding tert-OH is 1. The summed E-state index contributed by atoms with van der Waals surface area (Å²) in [5.41, 5.74) is 1.41. The first-order valence-corrected chi connectivity index (χ1v) is 7.55. The highest BCUT2D eigenvalue weighted by atomic mass is 32.1. The average molecular weight is 261 g/mol. The number of fused-ring (bicyclic) bond motifs is 1. The molecule has 3 rings (SSSR count). The molecule has 18 heavy (non-hydrogen) atoms. The van der Waals surface area contributed by atoms with Crippen LogP contribution in [0.1, 0.15) is 24.8 Å². The maximum atomic E-state index is 9.22. The molecule has 1 aromatic carbocycles. The lowest BCUT2D eigenvalue weighted by Gasteiger charge is -2.31. The molecule has 96 valence electrons. The minimum atomic E-state index is -0.0178. The molecule has 0 aliphatic heterocycles. The normalized spacial score (nSPS) is 23.2. The van der Waals surface area contributed by atoms with Crippen LogP contribution in [0.2, 0.25) is 0 Å². The highest BCUT2D eigenvalue weighted by Crippen LogP contribution is 2.29. The molecule has 1 aliphatic carbocycles. The van der Waals surface area contributed by atoms with E-state index in [-0.39, 0.29) is 6.10 Å².